The minimum Gasteiger partial charge on any atom is -0.303 e. The molecule has 2 aromatic rings. The van der Waals surface area contributed by atoms with Gasteiger partial charge in [0.25, 0.3) is 0 Å². The Morgan fingerprint density at radius 3 is 3.00 bits per heavy atom. The SMILES string of the molecule is CC(=O)c1nc(C)cn2ccnc12. The van der Waals surface area contributed by atoms with Crippen LogP contribution in [0.4, 0.5) is 0 Å². The van der Waals surface area contributed by atoms with Crippen molar-refractivity contribution >= 4 is 11.4 Å². The highest BCUT2D eigenvalue weighted by Crippen LogP contribution is 2.07. The van der Waals surface area contributed by atoms with Crippen molar-refractivity contribution in [3.05, 3.63) is 30.0 Å². The van der Waals surface area contributed by atoms with Gasteiger partial charge in [0.15, 0.2) is 11.4 Å². The van der Waals surface area contributed by atoms with Gasteiger partial charge in [-0.25, -0.2) is 9.97 Å². The molecule has 0 amide bonds. The summed E-state index contributed by atoms with van der Waals surface area (Å²) in [6.45, 7) is 3.35. The first kappa shape index (κ1) is 7.91. The van der Waals surface area contributed by atoms with E-state index in [4.69, 9.17) is 0 Å². The second-order valence-electron chi connectivity index (χ2n) is 2.95. The molecule has 0 unspecified atom stereocenters. The monoisotopic (exact) mass is 175 g/mol. The van der Waals surface area contributed by atoms with Gasteiger partial charge in [0.1, 0.15) is 5.69 Å². The van der Waals surface area contributed by atoms with Crippen LogP contribution in [0.2, 0.25) is 0 Å². The predicted octanol–water partition coefficient (Wildman–Crippen LogP) is 1.24. The van der Waals surface area contributed by atoms with E-state index in [0.717, 1.165) is 5.69 Å². The maximum Gasteiger partial charge on any atom is 0.181 e. The Balaban J connectivity index is 2.84. The zero-order valence-corrected chi connectivity index (χ0v) is 7.48. The lowest BCUT2D eigenvalue weighted by atomic mass is 10.3. The van der Waals surface area contributed by atoms with E-state index in [-0.39, 0.29) is 5.78 Å². The topological polar surface area (TPSA) is 47.3 Å². The van der Waals surface area contributed by atoms with E-state index in [1.165, 1.54) is 6.92 Å². The second-order valence-corrected chi connectivity index (χ2v) is 2.95. The maximum atomic E-state index is 11.2. The van der Waals surface area contributed by atoms with Gasteiger partial charge in [0.05, 0.1) is 5.69 Å². The molecule has 13 heavy (non-hydrogen) atoms. The minimum absolute atomic E-state index is 0.0556. The Bertz CT molecular complexity index is 473. The molecule has 0 fully saturated rings. The number of aromatic nitrogens is 3. The lowest BCUT2D eigenvalue weighted by Gasteiger charge is -2.00. The number of carbonyl (C=O) groups is 1. The summed E-state index contributed by atoms with van der Waals surface area (Å²) in [5.41, 5.74) is 1.87. The van der Waals surface area contributed by atoms with Crippen LogP contribution in [0.1, 0.15) is 23.1 Å². The Labute approximate surface area is 75.2 Å². The van der Waals surface area contributed by atoms with Gasteiger partial charge in [0.2, 0.25) is 0 Å². The van der Waals surface area contributed by atoms with Crippen LogP contribution in [0.5, 0.6) is 0 Å². The molecule has 0 saturated heterocycles. The summed E-state index contributed by atoms with van der Waals surface area (Å²) in [6, 6.07) is 0. The summed E-state index contributed by atoms with van der Waals surface area (Å²) in [6.07, 6.45) is 5.30. The zero-order valence-electron chi connectivity index (χ0n) is 7.48. The van der Waals surface area contributed by atoms with Crippen LogP contribution in [-0.4, -0.2) is 20.2 Å². The smallest absolute Gasteiger partial charge is 0.181 e. The van der Waals surface area contributed by atoms with E-state index in [0.29, 0.717) is 11.3 Å². The molecule has 0 saturated carbocycles. The molecule has 4 heteroatoms. The third-order valence-electron chi connectivity index (χ3n) is 1.83. The molecule has 0 radical (unpaired) electrons. The standard InChI is InChI=1S/C9H9N3O/c1-6-5-12-4-3-10-9(12)8(11-6)7(2)13/h3-5H,1-2H3. The second kappa shape index (κ2) is 2.65. The van der Waals surface area contributed by atoms with Crippen LogP contribution in [0.25, 0.3) is 5.65 Å². The highest BCUT2D eigenvalue weighted by molar-refractivity contribution is 5.97. The molecule has 66 valence electrons. The van der Waals surface area contributed by atoms with Crippen LogP contribution in [0, 0.1) is 6.92 Å². The van der Waals surface area contributed by atoms with Crippen molar-refractivity contribution in [3.8, 4) is 0 Å². The van der Waals surface area contributed by atoms with E-state index in [1.54, 1.807) is 16.8 Å². The molecule has 0 aliphatic heterocycles. The molecule has 0 aromatic carbocycles. The van der Waals surface area contributed by atoms with Crippen molar-refractivity contribution in [1.82, 2.24) is 14.4 Å². The molecule has 2 aromatic heterocycles. The zero-order chi connectivity index (χ0) is 9.42. The maximum absolute atomic E-state index is 11.2. The van der Waals surface area contributed by atoms with E-state index in [9.17, 15) is 4.79 Å². The van der Waals surface area contributed by atoms with Crippen LogP contribution in [-0.2, 0) is 0 Å². The quantitative estimate of drug-likeness (QED) is 0.612. The summed E-state index contributed by atoms with van der Waals surface area (Å²) in [5, 5.41) is 0. The normalized spacial score (nSPS) is 10.6. The molecule has 0 bridgehead atoms. The van der Waals surface area contributed by atoms with E-state index < -0.39 is 0 Å². The van der Waals surface area contributed by atoms with Crippen molar-refractivity contribution in [1.29, 1.82) is 0 Å². The number of rotatable bonds is 1. The number of ketones is 1. The predicted molar refractivity (Wildman–Crippen MR) is 47.7 cm³/mol. The first-order valence-corrected chi connectivity index (χ1v) is 4.00. The first-order valence-electron chi connectivity index (χ1n) is 4.00. The van der Waals surface area contributed by atoms with Crippen molar-refractivity contribution in [3.63, 3.8) is 0 Å². The number of aryl methyl sites for hydroxylation is 1. The number of hydrogen-bond donors (Lipinski definition) is 0. The lowest BCUT2D eigenvalue weighted by Crippen LogP contribution is -2.03. The molecular weight excluding hydrogens is 166 g/mol. The molecular formula is C9H9N3O. The highest BCUT2D eigenvalue weighted by Gasteiger charge is 2.09. The van der Waals surface area contributed by atoms with Crippen LogP contribution < -0.4 is 0 Å². The summed E-state index contributed by atoms with van der Waals surface area (Å²) in [4.78, 5) is 19.4. The molecule has 2 heterocycles. The number of hydrogen-bond acceptors (Lipinski definition) is 3. The Kier molecular flexibility index (Phi) is 1.62. The van der Waals surface area contributed by atoms with E-state index in [2.05, 4.69) is 9.97 Å². The van der Waals surface area contributed by atoms with E-state index >= 15 is 0 Å². The molecule has 0 spiro atoms. The molecule has 0 aliphatic carbocycles. The van der Waals surface area contributed by atoms with Gasteiger partial charge in [-0.1, -0.05) is 0 Å². The van der Waals surface area contributed by atoms with Crippen molar-refractivity contribution in [2.75, 3.05) is 0 Å². The van der Waals surface area contributed by atoms with Crippen LogP contribution >= 0.6 is 0 Å². The first-order chi connectivity index (χ1) is 6.18. The van der Waals surface area contributed by atoms with Gasteiger partial charge < -0.3 is 4.40 Å². The number of Topliss-reactive ketones (excluding diaryl/α,β-unsaturated/α-hetero) is 1. The van der Waals surface area contributed by atoms with Crippen molar-refractivity contribution in [2.24, 2.45) is 0 Å². The van der Waals surface area contributed by atoms with Crippen molar-refractivity contribution < 1.29 is 4.79 Å². The Hall–Kier alpha value is -1.71. The van der Waals surface area contributed by atoms with Gasteiger partial charge in [0, 0.05) is 25.5 Å². The fourth-order valence-corrected chi connectivity index (χ4v) is 1.29. The fourth-order valence-electron chi connectivity index (χ4n) is 1.29. The minimum atomic E-state index is -0.0556. The number of carbonyl (C=O) groups excluding carboxylic acids is 1. The average Bonchev–Trinajstić information content (AvgIpc) is 2.49. The highest BCUT2D eigenvalue weighted by atomic mass is 16.1. The third-order valence-corrected chi connectivity index (χ3v) is 1.83. The van der Waals surface area contributed by atoms with Crippen molar-refractivity contribution in [2.45, 2.75) is 13.8 Å². The van der Waals surface area contributed by atoms with Gasteiger partial charge >= 0.3 is 0 Å². The van der Waals surface area contributed by atoms with Gasteiger partial charge in [-0.2, -0.15) is 0 Å². The fraction of sp³-hybridized carbons (Fsp3) is 0.222. The molecule has 2 rings (SSSR count). The largest absolute Gasteiger partial charge is 0.303 e. The Morgan fingerprint density at radius 2 is 2.31 bits per heavy atom. The van der Waals surface area contributed by atoms with E-state index in [1.807, 2.05) is 13.1 Å². The molecule has 0 aliphatic rings. The average molecular weight is 175 g/mol. The van der Waals surface area contributed by atoms with Crippen LogP contribution in [0.15, 0.2) is 18.6 Å². The summed E-state index contributed by atoms with van der Waals surface area (Å²) < 4.78 is 1.80. The summed E-state index contributed by atoms with van der Waals surface area (Å²) in [5.74, 6) is -0.0556. The van der Waals surface area contributed by atoms with Gasteiger partial charge in [-0.05, 0) is 6.92 Å². The van der Waals surface area contributed by atoms with Gasteiger partial charge in [-0.15, -0.1) is 0 Å². The molecule has 4 nitrogen and oxygen atoms in total. The number of imidazole rings is 1. The molecule has 0 N–H and O–H groups in total. The van der Waals surface area contributed by atoms with Gasteiger partial charge in [-0.3, -0.25) is 4.79 Å². The van der Waals surface area contributed by atoms with Crippen LogP contribution in [0.3, 0.4) is 0 Å². The number of nitrogens with zero attached hydrogens (tertiary/aromatic N) is 3. The summed E-state index contributed by atoms with van der Waals surface area (Å²) >= 11 is 0. The summed E-state index contributed by atoms with van der Waals surface area (Å²) in [7, 11) is 0. The third kappa shape index (κ3) is 1.20. The lowest BCUT2D eigenvalue weighted by molar-refractivity contribution is 0.101. The number of fused-ring (bicyclic) bond motifs is 1. The molecule has 0 atom stereocenters. The Morgan fingerprint density at radius 1 is 1.54 bits per heavy atom.